The molecule has 3 atom stereocenters. The zero-order valence-corrected chi connectivity index (χ0v) is 13.7. The van der Waals surface area contributed by atoms with Crippen LogP contribution in [0.1, 0.15) is 25.0 Å². The lowest BCUT2D eigenvalue weighted by Crippen LogP contribution is -2.40. The zero-order chi connectivity index (χ0) is 16.5. The third kappa shape index (κ3) is 3.48. The van der Waals surface area contributed by atoms with Crippen LogP contribution in [0.4, 0.5) is 0 Å². The van der Waals surface area contributed by atoms with Gasteiger partial charge in [-0.05, 0) is 49.9 Å². The molecule has 0 fully saturated rings. The van der Waals surface area contributed by atoms with Crippen LogP contribution >= 0.6 is 0 Å². The zero-order valence-electron chi connectivity index (χ0n) is 12.9. The Balaban J connectivity index is 2.21. The number of carboxylic acid groups (broad SMARTS) is 1. The predicted molar refractivity (Wildman–Crippen MR) is 81.2 cm³/mol. The SMILES string of the molecule is CO[C@H](C)[C@@H](C)NS(=O)(=O)c1ccc2c(c1)CC(C(=O)O)C2. The summed E-state index contributed by atoms with van der Waals surface area (Å²) >= 11 is 0. The van der Waals surface area contributed by atoms with Crippen molar-refractivity contribution in [3.63, 3.8) is 0 Å². The fourth-order valence-corrected chi connectivity index (χ4v) is 3.91. The van der Waals surface area contributed by atoms with Crippen molar-refractivity contribution in [2.24, 2.45) is 5.92 Å². The van der Waals surface area contributed by atoms with Gasteiger partial charge in [-0.2, -0.15) is 0 Å². The van der Waals surface area contributed by atoms with Gasteiger partial charge in [-0.25, -0.2) is 13.1 Å². The normalized spacial score (nSPS) is 20.4. The summed E-state index contributed by atoms with van der Waals surface area (Å²) in [4.78, 5) is 11.2. The summed E-state index contributed by atoms with van der Waals surface area (Å²) in [5, 5.41) is 9.08. The lowest BCUT2D eigenvalue weighted by atomic mass is 10.1. The molecule has 0 amide bonds. The van der Waals surface area contributed by atoms with Crippen molar-refractivity contribution in [3.8, 4) is 0 Å². The van der Waals surface area contributed by atoms with Gasteiger partial charge in [-0.15, -0.1) is 0 Å². The molecule has 1 aliphatic carbocycles. The molecule has 0 spiro atoms. The average molecular weight is 327 g/mol. The van der Waals surface area contributed by atoms with Gasteiger partial charge in [0.05, 0.1) is 16.9 Å². The molecule has 0 bridgehead atoms. The number of aliphatic carboxylic acids is 1. The highest BCUT2D eigenvalue weighted by Gasteiger charge is 2.29. The highest BCUT2D eigenvalue weighted by Crippen LogP contribution is 2.29. The number of carboxylic acids is 1. The molecule has 22 heavy (non-hydrogen) atoms. The molecule has 1 aliphatic rings. The molecular formula is C15H21NO5S. The Hall–Kier alpha value is -1.44. The highest BCUT2D eigenvalue weighted by molar-refractivity contribution is 7.89. The van der Waals surface area contributed by atoms with E-state index in [2.05, 4.69) is 4.72 Å². The standard InChI is InChI=1S/C15H21NO5S/c1-9(10(2)21-3)16-22(19,20)14-5-4-11-6-13(15(17)18)7-12(11)8-14/h4-5,8-10,13,16H,6-7H2,1-3H3,(H,17,18)/t9-,10-,13?/m1/s1. The average Bonchev–Trinajstić information content (AvgIpc) is 2.89. The maximum absolute atomic E-state index is 12.4. The van der Waals surface area contributed by atoms with E-state index in [0.717, 1.165) is 11.1 Å². The van der Waals surface area contributed by atoms with Crippen molar-refractivity contribution in [3.05, 3.63) is 29.3 Å². The van der Waals surface area contributed by atoms with Crippen molar-refractivity contribution in [2.45, 2.75) is 43.7 Å². The van der Waals surface area contributed by atoms with Gasteiger partial charge in [-0.1, -0.05) is 6.07 Å². The van der Waals surface area contributed by atoms with E-state index in [1.807, 2.05) is 0 Å². The minimum Gasteiger partial charge on any atom is -0.481 e. The number of benzene rings is 1. The third-order valence-electron chi connectivity index (χ3n) is 4.19. The van der Waals surface area contributed by atoms with E-state index >= 15 is 0 Å². The first kappa shape index (κ1) is 16.9. The quantitative estimate of drug-likeness (QED) is 0.819. The summed E-state index contributed by atoms with van der Waals surface area (Å²) < 4.78 is 32.5. The second kappa shape index (κ2) is 6.36. The number of sulfonamides is 1. The molecule has 7 heteroatoms. The van der Waals surface area contributed by atoms with Crippen LogP contribution < -0.4 is 4.72 Å². The molecule has 0 saturated carbocycles. The summed E-state index contributed by atoms with van der Waals surface area (Å²) in [6, 6.07) is 4.44. The Labute approximate surface area is 130 Å². The summed E-state index contributed by atoms with van der Waals surface area (Å²) in [7, 11) is -2.13. The second-order valence-electron chi connectivity index (χ2n) is 5.72. The van der Waals surface area contributed by atoms with E-state index in [-0.39, 0.29) is 17.0 Å². The minimum absolute atomic E-state index is 0.160. The molecule has 122 valence electrons. The van der Waals surface area contributed by atoms with E-state index in [1.54, 1.807) is 26.0 Å². The Morgan fingerprint density at radius 2 is 1.95 bits per heavy atom. The topological polar surface area (TPSA) is 92.7 Å². The maximum atomic E-state index is 12.4. The van der Waals surface area contributed by atoms with E-state index in [4.69, 9.17) is 9.84 Å². The Bertz CT molecular complexity index is 671. The predicted octanol–water partition coefficient (Wildman–Crippen LogP) is 1.19. The molecule has 0 saturated heterocycles. The number of hydrogen-bond acceptors (Lipinski definition) is 4. The lowest BCUT2D eigenvalue weighted by Gasteiger charge is -2.20. The number of fused-ring (bicyclic) bond motifs is 1. The van der Waals surface area contributed by atoms with Crippen molar-refractivity contribution in [1.82, 2.24) is 4.72 Å². The molecule has 2 rings (SSSR count). The first-order valence-electron chi connectivity index (χ1n) is 7.14. The molecule has 6 nitrogen and oxygen atoms in total. The summed E-state index contributed by atoms with van der Waals surface area (Å²) in [6.45, 7) is 3.52. The van der Waals surface area contributed by atoms with Gasteiger partial charge in [0.15, 0.2) is 0 Å². The fourth-order valence-electron chi connectivity index (χ4n) is 2.55. The van der Waals surface area contributed by atoms with Crippen molar-refractivity contribution < 1.29 is 23.1 Å². The number of hydrogen-bond donors (Lipinski definition) is 2. The van der Waals surface area contributed by atoms with Gasteiger partial charge >= 0.3 is 5.97 Å². The van der Waals surface area contributed by atoms with Gasteiger partial charge in [0.2, 0.25) is 10.0 Å². The minimum atomic E-state index is -3.65. The number of ether oxygens (including phenoxy) is 1. The molecular weight excluding hydrogens is 306 g/mol. The Morgan fingerprint density at radius 3 is 2.55 bits per heavy atom. The van der Waals surface area contributed by atoms with Crippen LogP contribution in [0.15, 0.2) is 23.1 Å². The number of rotatable bonds is 6. The molecule has 1 aromatic carbocycles. The maximum Gasteiger partial charge on any atom is 0.307 e. The molecule has 1 aromatic rings. The van der Waals surface area contributed by atoms with Crippen LogP contribution in [-0.2, 0) is 32.4 Å². The van der Waals surface area contributed by atoms with Crippen LogP contribution in [0.2, 0.25) is 0 Å². The van der Waals surface area contributed by atoms with Gasteiger partial charge in [0.1, 0.15) is 0 Å². The highest BCUT2D eigenvalue weighted by atomic mass is 32.2. The molecule has 0 heterocycles. The van der Waals surface area contributed by atoms with E-state index in [9.17, 15) is 13.2 Å². The van der Waals surface area contributed by atoms with Crippen molar-refractivity contribution in [1.29, 1.82) is 0 Å². The summed E-state index contributed by atoms with van der Waals surface area (Å²) in [6.07, 6.45) is 0.578. The summed E-state index contributed by atoms with van der Waals surface area (Å²) in [5.74, 6) is -1.31. The van der Waals surface area contributed by atoms with Crippen LogP contribution in [-0.4, -0.2) is 38.7 Å². The van der Waals surface area contributed by atoms with Gasteiger partial charge in [0.25, 0.3) is 0 Å². The third-order valence-corrected chi connectivity index (χ3v) is 5.74. The van der Waals surface area contributed by atoms with Gasteiger partial charge in [-0.3, -0.25) is 4.79 Å². The van der Waals surface area contributed by atoms with Crippen LogP contribution in [0.5, 0.6) is 0 Å². The summed E-state index contributed by atoms with van der Waals surface area (Å²) in [5.41, 5.74) is 1.70. The monoisotopic (exact) mass is 327 g/mol. The van der Waals surface area contributed by atoms with Crippen molar-refractivity contribution in [2.75, 3.05) is 7.11 Å². The van der Waals surface area contributed by atoms with Crippen LogP contribution in [0.25, 0.3) is 0 Å². The van der Waals surface area contributed by atoms with E-state index in [1.165, 1.54) is 13.2 Å². The second-order valence-corrected chi connectivity index (χ2v) is 7.44. The molecule has 0 radical (unpaired) electrons. The van der Waals surface area contributed by atoms with Crippen LogP contribution in [0, 0.1) is 5.92 Å². The molecule has 2 N–H and O–H groups in total. The first-order valence-corrected chi connectivity index (χ1v) is 8.62. The van der Waals surface area contributed by atoms with Crippen molar-refractivity contribution >= 4 is 16.0 Å². The molecule has 0 aliphatic heterocycles. The van der Waals surface area contributed by atoms with E-state index in [0.29, 0.717) is 12.8 Å². The largest absolute Gasteiger partial charge is 0.481 e. The Morgan fingerprint density at radius 1 is 1.32 bits per heavy atom. The van der Waals surface area contributed by atoms with Gasteiger partial charge < -0.3 is 9.84 Å². The Kier molecular flexibility index (Phi) is 4.89. The number of methoxy groups -OCH3 is 1. The fraction of sp³-hybridized carbons (Fsp3) is 0.533. The van der Waals surface area contributed by atoms with E-state index < -0.39 is 21.9 Å². The van der Waals surface area contributed by atoms with Crippen LogP contribution in [0.3, 0.4) is 0 Å². The first-order chi connectivity index (χ1) is 10.2. The lowest BCUT2D eigenvalue weighted by molar-refractivity contribution is -0.141. The number of carbonyl (C=O) groups is 1. The smallest absolute Gasteiger partial charge is 0.307 e. The molecule has 0 aromatic heterocycles. The molecule has 1 unspecified atom stereocenters. The van der Waals surface area contributed by atoms with Gasteiger partial charge in [0, 0.05) is 13.2 Å². The number of nitrogens with one attached hydrogen (secondary N) is 1.